The molecule has 0 saturated carbocycles. The van der Waals surface area contributed by atoms with Crippen LogP contribution in [-0.2, 0) is 0 Å². The average Bonchev–Trinajstić information content (AvgIpc) is 2.97. The number of carbonyl (C=O) groups is 1. The molecule has 0 unspecified atom stereocenters. The Morgan fingerprint density at radius 1 is 1.19 bits per heavy atom. The number of hydrogen-bond acceptors (Lipinski definition) is 4. The van der Waals surface area contributed by atoms with E-state index in [1.54, 1.807) is 0 Å². The van der Waals surface area contributed by atoms with Gasteiger partial charge in [-0.15, -0.1) is 10.2 Å². The first-order valence-electron chi connectivity index (χ1n) is 6.67. The van der Waals surface area contributed by atoms with Gasteiger partial charge in [-0.2, -0.15) is 0 Å². The zero-order chi connectivity index (χ0) is 15.1. The van der Waals surface area contributed by atoms with Crippen LogP contribution < -0.4 is 5.32 Å². The standard InChI is InChI=1S/C15H16N4OS/c1-8-6-5-7-12(9(8)2)16-14(20)13-10(3)19-11(4)17-18-15(19)21-13/h5-7H,1-4H3,(H,16,20). The van der Waals surface area contributed by atoms with Crippen LogP contribution in [-0.4, -0.2) is 20.5 Å². The van der Waals surface area contributed by atoms with Gasteiger partial charge in [-0.3, -0.25) is 9.20 Å². The van der Waals surface area contributed by atoms with Crippen LogP contribution in [0.5, 0.6) is 0 Å². The number of fused-ring (bicyclic) bond motifs is 1. The van der Waals surface area contributed by atoms with Crippen molar-refractivity contribution in [2.75, 3.05) is 5.32 Å². The van der Waals surface area contributed by atoms with Gasteiger partial charge in [0.25, 0.3) is 5.91 Å². The first kappa shape index (κ1) is 13.8. The Morgan fingerprint density at radius 3 is 2.67 bits per heavy atom. The largest absolute Gasteiger partial charge is 0.321 e. The number of thiazole rings is 1. The number of benzene rings is 1. The molecular weight excluding hydrogens is 284 g/mol. The Hall–Kier alpha value is -2.21. The normalized spacial score (nSPS) is 11.0. The molecule has 1 N–H and O–H groups in total. The number of hydrogen-bond donors (Lipinski definition) is 1. The van der Waals surface area contributed by atoms with E-state index in [1.807, 2.05) is 50.3 Å². The molecular formula is C15H16N4OS. The number of carbonyl (C=O) groups excluding carboxylic acids is 1. The Labute approximate surface area is 126 Å². The van der Waals surface area contributed by atoms with Gasteiger partial charge in [-0.05, 0) is 44.9 Å². The van der Waals surface area contributed by atoms with Crippen molar-refractivity contribution in [1.29, 1.82) is 0 Å². The van der Waals surface area contributed by atoms with Crippen LogP contribution in [0.1, 0.15) is 32.3 Å². The molecule has 0 atom stereocenters. The number of nitrogens with zero attached hydrogens (tertiary/aromatic N) is 3. The number of rotatable bonds is 2. The third-order valence-corrected chi connectivity index (χ3v) is 4.84. The van der Waals surface area contributed by atoms with Crippen LogP contribution in [0.25, 0.3) is 4.96 Å². The van der Waals surface area contributed by atoms with E-state index in [0.29, 0.717) is 4.88 Å². The maximum absolute atomic E-state index is 12.5. The van der Waals surface area contributed by atoms with E-state index in [0.717, 1.165) is 33.3 Å². The third kappa shape index (κ3) is 2.21. The number of nitrogens with one attached hydrogen (secondary N) is 1. The zero-order valence-electron chi connectivity index (χ0n) is 12.4. The minimum absolute atomic E-state index is 0.101. The molecule has 1 aromatic carbocycles. The van der Waals surface area contributed by atoms with Gasteiger partial charge in [-0.1, -0.05) is 23.5 Å². The van der Waals surface area contributed by atoms with Crippen molar-refractivity contribution in [3.63, 3.8) is 0 Å². The Morgan fingerprint density at radius 2 is 1.95 bits per heavy atom. The quantitative estimate of drug-likeness (QED) is 0.790. The molecule has 0 aliphatic carbocycles. The van der Waals surface area contributed by atoms with Gasteiger partial charge in [0, 0.05) is 11.4 Å². The van der Waals surface area contributed by atoms with Gasteiger partial charge in [0.2, 0.25) is 4.96 Å². The molecule has 5 nitrogen and oxygen atoms in total. The summed E-state index contributed by atoms with van der Waals surface area (Å²) in [6.45, 7) is 7.83. The number of anilines is 1. The molecule has 0 aliphatic heterocycles. The van der Waals surface area contributed by atoms with Gasteiger partial charge in [0.05, 0.1) is 0 Å². The Kier molecular flexibility index (Phi) is 3.25. The highest BCUT2D eigenvalue weighted by atomic mass is 32.1. The summed E-state index contributed by atoms with van der Waals surface area (Å²) in [4.78, 5) is 13.9. The maximum Gasteiger partial charge on any atom is 0.267 e. The second kappa shape index (κ2) is 4.96. The smallest absolute Gasteiger partial charge is 0.267 e. The van der Waals surface area contributed by atoms with Crippen molar-refractivity contribution in [2.24, 2.45) is 0 Å². The molecule has 0 radical (unpaired) electrons. The number of aromatic nitrogens is 3. The highest BCUT2D eigenvalue weighted by Crippen LogP contribution is 2.25. The minimum Gasteiger partial charge on any atom is -0.321 e. The molecule has 21 heavy (non-hydrogen) atoms. The molecule has 3 rings (SSSR count). The van der Waals surface area contributed by atoms with Crippen molar-refractivity contribution >= 4 is 27.9 Å². The summed E-state index contributed by atoms with van der Waals surface area (Å²) in [5.41, 5.74) is 3.97. The van der Waals surface area contributed by atoms with Gasteiger partial charge < -0.3 is 5.32 Å². The summed E-state index contributed by atoms with van der Waals surface area (Å²) in [6, 6.07) is 5.89. The molecule has 0 fully saturated rings. The fourth-order valence-corrected chi connectivity index (χ4v) is 3.35. The minimum atomic E-state index is -0.101. The summed E-state index contributed by atoms with van der Waals surface area (Å²) in [5.74, 6) is 0.695. The van der Waals surface area contributed by atoms with Crippen molar-refractivity contribution < 1.29 is 4.79 Å². The van der Waals surface area contributed by atoms with Gasteiger partial charge >= 0.3 is 0 Å². The fraction of sp³-hybridized carbons (Fsp3) is 0.267. The first-order valence-corrected chi connectivity index (χ1v) is 7.49. The fourth-order valence-electron chi connectivity index (χ4n) is 2.34. The summed E-state index contributed by atoms with van der Waals surface area (Å²) in [5, 5.41) is 11.1. The molecule has 0 saturated heterocycles. The predicted octanol–water partition coefficient (Wildman–Crippen LogP) is 3.28. The average molecular weight is 300 g/mol. The zero-order valence-corrected chi connectivity index (χ0v) is 13.2. The molecule has 0 aliphatic rings. The van der Waals surface area contributed by atoms with E-state index >= 15 is 0 Å². The lowest BCUT2D eigenvalue weighted by atomic mass is 10.1. The van der Waals surface area contributed by atoms with Crippen LogP contribution in [0, 0.1) is 27.7 Å². The van der Waals surface area contributed by atoms with Crippen LogP contribution in [0.3, 0.4) is 0 Å². The number of amides is 1. The topological polar surface area (TPSA) is 59.3 Å². The lowest BCUT2D eigenvalue weighted by Gasteiger charge is -2.09. The lowest BCUT2D eigenvalue weighted by molar-refractivity contribution is 0.102. The number of aryl methyl sites for hydroxylation is 3. The van der Waals surface area contributed by atoms with Crippen LogP contribution in [0.2, 0.25) is 0 Å². The van der Waals surface area contributed by atoms with E-state index in [-0.39, 0.29) is 5.91 Å². The molecule has 2 heterocycles. The van der Waals surface area contributed by atoms with Crippen LogP contribution >= 0.6 is 11.3 Å². The van der Waals surface area contributed by atoms with Crippen molar-refractivity contribution in [3.8, 4) is 0 Å². The first-order chi connectivity index (χ1) is 9.99. The molecule has 0 spiro atoms. The van der Waals surface area contributed by atoms with Gasteiger partial charge in [0.15, 0.2) is 0 Å². The van der Waals surface area contributed by atoms with Crippen molar-refractivity contribution in [1.82, 2.24) is 14.6 Å². The van der Waals surface area contributed by atoms with Crippen molar-refractivity contribution in [3.05, 3.63) is 45.7 Å². The second-order valence-electron chi connectivity index (χ2n) is 5.08. The van der Waals surface area contributed by atoms with Gasteiger partial charge in [0.1, 0.15) is 10.7 Å². The summed E-state index contributed by atoms with van der Waals surface area (Å²) in [7, 11) is 0. The molecule has 0 bridgehead atoms. The summed E-state index contributed by atoms with van der Waals surface area (Å²) in [6.07, 6.45) is 0. The summed E-state index contributed by atoms with van der Waals surface area (Å²) < 4.78 is 1.91. The lowest BCUT2D eigenvalue weighted by Crippen LogP contribution is -2.13. The summed E-state index contributed by atoms with van der Waals surface area (Å²) >= 11 is 1.36. The van der Waals surface area contributed by atoms with E-state index < -0.39 is 0 Å². The molecule has 108 valence electrons. The Bertz CT molecular complexity index is 847. The van der Waals surface area contributed by atoms with E-state index in [9.17, 15) is 4.79 Å². The Balaban J connectivity index is 1.97. The van der Waals surface area contributed by atoms with E-state index in [2.05, 4.69) is 15.5 Å². The predicted molar refractivity (Wildman–Crippen MR) is 84.2 cm³/mol. The molecule has 2 aromatic heterocycles. The molecule has 6 heteroatoms. The van der Waals surface area contributed by atoms with Gasteiger partial charge in [-0.25, -0.2) is 0 Å². The third-order valence-electron chi connectivity index (χ3n) is 3.71. The highest BCUT2D eigenvalue weighted by Gasteiger charge is 2.19. The molecule has 1 amide bonds. The monoisotopic (exact) mass is 300 g/mol. The van der Waals surface area contributed by atoms with Crippen LogP contribution in [0.15, 0.2) is 18.2 Å². The maximum atomic E-state index is 12.5. The van der Waals surface area contributed by atoms with Crippen molar-refractivity contribution in [2.45, 2.75) is 27.7 Å². The van der Waals surface area contributed by atoms with Crippen LogP contribution in [0.4, 0.5) is 5.69 Å². The van der Waals surface area contributed by atoms with E-state index in [4.69, 9.17) is 0 Å². The SMILES string of the molecule is Cc1cccc(NC(=O)c2sc3nnc(C)n3c2C)c1C. The molecule has 3 aromatic rings. The second-order valence-corrected chi connectivity index (χ2v) is 6.06. The van der Waals surface area contributed by atoms with E-state index in [1.165, 1.54) is 11.3 Å². The highest BCUT2D eigenvalue weighted by molar-refractivity contribution is 7.19.